The summed E-state index contributed by atoms with van der Waals surface area (Å²) >= 11 is 0. The molecule has 0 saturated heterocycles. The second kappa shape index (κ2) is 7.76. The molecule has 0 unspecified atom stereocenters. The molecule has 23 heavy (non-hydrogen) atoms. The van der Waals surface area contributed by atoms with Crippen molar-refractivity contribution in [1.82, 2.24) is 0 Å². The lowest BCUT2D eigenvalue weighted by atomic mass is 10.1. The lowest BCUT2D eigenvalue weighted by molar-refractivity contribution is -0.644. The lowest BCUT2D eigenvalue weighted by Crippen LogP contribution is -3.00. The number of rotatable bonds is 3. The summed E-state index contributed by atoms with van der Waals surface area (Å²) in [5, 5.41) is 4.79. The van der Waals surface area contributed by atoms with E-state index >= 15 is 0 Å². The summed E-state index contributed by atoms with van der Waals surface area (Å²) in [6, 6.07) is 17.9. The molecule has 0 amide bonds. The molecule has 0 spiro atoms. The number of aryl methyl sites for hydroxylation is 1. The Morgan fingerprint density at radius 1 is 1.00 bits per heavy atom. The number of azide groups is 1. The highest BCUT2D eigenvalue weighted by atomic mass is 127. The lowest BCUT2D eigenvalue weighted by Gasteiger charge is -2.01. The van der Waals surface area contributed by atoms with Gasteiger partial charge >= 0.3 is 0 Å². The molecule has 4 nitrogen and oxygen atoms in total. The summed E-state index contributed by atoms with van der Waals surface area (Å²) < 4.78 is 2.11. The van der Waals surface area contributed by atoms with Crippen LogP contribution in [-0.4, -0.2) is 0 Å². The minimum absolute atomic E-state index is 0. The molecule has 0 bridgehead atoms. The van der Waals surface area contributed by atoms with Gasteiger partial charge in [-0.2, -0.15) is 0 Å². The molecule has 3 rings (SSSR count). The normalized spacial score (nSPS) is 10.3. The van der Waals surface area contributed by atoms with Crippen LogP contribution in [-0.2, 0) is 7.05 Å². The molecule has 0 atom stereocenters. The van der Waals surface area contributed by atoms with Crippen molar-refractivity contribution in [3.8, 4) is 0 Å². The number of hydrogen-bond acceptors (Lipinski definition) is 1. The summed E-state index contributed by atoms with van der Waals surface area (Å²) in [5.41, 5.74) is 12.5. The Kier molecular flexibility index (Phi) is 5.73. The van der Waals surface area contributed by atoms with Gasteiger partial charge in [-0.3, -0.25) is 0 Å². The molecule has 0 aliphatic carbocycles. The van der Waals surface area contributed by atoms with Crippen LogP contribution in [0.25, 0.3) is 33.5 Å². The maximum Gasteiger partial charge on any atom is 0.212 e. The molecule has 1 heterocycles. The smallest absolute Gasteiger partial charge is 0.212 e. The number of fused-ring (bicyclic) bond motifs is 1. The van der Waals surface area contributed by atoms with Crippen LogP contribution in [0.4, 0.5) is 5.69 Å². The molecule has 3 aromatic rings. The van der Waals surface area contributed by atoms with Gasteiger partial charge in [0.2, 0.25) is 5.52 Å². The molecule has 0 N–H and O–H groups in total. The van der Waals surface area contributed by atoms with Gasteiger partial charge in [-0.25, -0.2) is 4.57 Å². The maximum atomic E-state index is 8.41. The molecule has 1 aromatic heterocycles. The van der Waals surface area contributed by atoms with Gasteiger partial charge in [0.05, 0.1) is 5.39 Å². The molecule has 0 fully saturated rings. The predicted octanol–water partition coefficient (Wildman–Crippen LogP) is 1.78. The Labute approximate surface area is 151 Å². The van der Waals surface area contributed by atoms with Crippen LogP contribution in [0.5, 0.6) is 0 Å². The van der Waals surface area contributed by atoms with Crippen LogP contribution in [0.15, 0.2) is 65.9 Å². The van der Waals surface area contributed by atoms with E-state index in [0.717, 1.165) is 5.56 Å². The summed E-state index contributed by atoms with van der Waals surface area (Å²) in [6.07, 6.45) is 6.22. The van der Waals surface area contributed by atoms with Gasteiger partial charge in [-0.1, -0.05) is 53.7 Å². The fraction of sp³-hybridized carbons (Fsp3) is 0.0556. The molecular formula is C18H15IN4. The first-order valence-electron chi connectivity index (χ1n) is 6.98. The maximum absolute atomic E-state index is 8.41. The van der Waals surface area contributed by atoms with Crippen molar-refractivity contribution in [3.63, 3.8) is 0 Å². The number of hydrogen-bond donors (Lipinski definition) is 0. The van der Waals surface area contributed by atoms with Crippen LogP contribution in [0.3, 0.4) is 0 Å². The summed E-state index contributed by atoms with van der Waals surface area (Å²) in [6.45, 7) is 0. The molecule has 0 aliphatic rings. The first kappa shape index (κ1) is 17.0. The van der Waals surface area contributed by atoms with Gasteiger partial charge in [-0.05, 0) is 22.7 Å². The van der Waals surface area contributed by atoms with E-state index in [2.05, 4.69) is 51.1 Å². The largest absolute Gasteiger partial charge is 1.00 e. The summed E-state index contributed by atoms with van der Waals surface area (Å²) in [7, 11) is 2.05. The number of halogens is 1. The second-order valence-electron chi connectivity index (χ2n) is 5.01. The topological polar surface area (TPSA) is 52.6 Å². The third-order valence-electron chi connectivity index (χ3n) is 3.58. The fourth-order valence-corrected chi connectivity index (χ4v) is 2.42. The predicted molar refractivity (Wildman–Crippen MR) is 89.3 cm³/mol. The number of pyridine rings is 1. The fourth-order valence-electron chi connectivity index (χ4n) is 2.42. The Balaban J connectivity index is 0.00000192. The Morgan fingerprint density at radius 2 is 1.74 bits per heavy atom. The van der Waals surface area contributed by atoms with E-state index in [1.807, 2.05) is 43.4 Å². The highest BCUT2D eigenvalue weighted by Crippen LogP contribution is 2.19. The number of aromatic nitrogens is 1. The van der Waals surface area contributed by atoms with E-state index in [-0.39, 0.29) is 24.0 Å². The van der Waals surface area contributed by atoms with Gasteiger partial charge in [0.1, 0.15) is 7.05 Å². The SMILES string of the molecule is C[n+]1ccc(C=Cc2ccc(N=[N+]=[N-])cc2)c2ccccc21.[I-]. The van der Waals surface area contributed by atoms with Crippen LogP contribution in [0.2, 0.25) is 0 Å². The van der Waals surface area contributed by atoms with E-state index in [4.69, 9.17) is 5.53 Å². The molecule has 2 aromatic carbocycles. The van der Waals surface area contributed by atoms with E-state index in [0.29, 0.717) is 5.69 Å². The Bertz CT molecular complexity index is 895. The average Bonchev–Trinajstić information content (AvgIpc) is 2.56. The zero-order chi connectivity index (χ0) is 15.4. The number of nitrogens with zero attached hydrogens (tertiary/aromatic N) is 4. The van der Waals surface area contributed by atoms with Crippen LogP contribution in [0, 0.1) is 0 Å². The molecule has 0 saturated carbocycles. The van der Waals surface area contributed by atoms with Crippen LogP contribution >= 0.6 is 0 Å². The molecule has 0 radical (unpaired) electrons. The number of para-hydroxylation sites is 1. The molecular weight excluding hydrogens is 399 g/mol. The second-order valence-corrected chi connectivity index (χ2v) is 5.01. The summed E-state index contributed by atoms with van der Waals surface area (Å²) in [4.78, 5) is 2.78. The Morgan fingerprint density at radius 3 is 2.48 bits per heavy atom. The third kappa shape index (κ3) is 3.88. The molecule has 5 heteroatoms. The monoisotopic (exact) mass is 414 g/mol. The molecule has 0 aliphatic heterocycles. The minimum Gasteiger partial charge on any atom is -1.00 e. The first-order chi connectivity index (χ1) is 10.8. The van der Waals surface area contributed by atoms with Gasteiger partial charge < -0.3 is 24.0 Å². The highest BCUT2D eigenvalue weighted by molar-refractivity contribution is 5.88. The van der Waals surface area contributed by atoms with Crippen molar-refractivity contribution >= 4 is 28.7 Å². The van der Waals surface area contributed by atoms with Gasteiger partial charge in [0, 0.05) is 22.7 Å². The van der Waals surface area contributed by atoms with Crippen molar-refractivity contribution < 1.29 is 28.5 Å². The van der Waals surface area contributed by atoms with Crippen molar-refractivity contribution in [2.75, 3.05) is 0 Å². The molecule has 114 valence electrons. The van der Waals surface area contributed by atoms with Crippen molar-refractivity contribution in [1.29, 1.82) is 0 Å². The first-order valence-corrected chi connectivity index (χ1v) is 6.98. The quantitative estimate of drug-likeness (QED) is 0.206. The highest BCUT2D eigenvalue weighted by Gasteiger charge is 2.06. The zero-order valence-corrected chi connectivity index (χ0v) is 14.8. The van der Waals surface area contributed by atoms with E-state index in [1.165, 1.54) is 16.5 Å². The van der Waals surface area contributed by atoms with Crippen molar-refractivity contribution in [2.45, 2.75) is 0 Å². The third-order valence-corrected chi connectivity index (χ3v) is 3.58. The van der Waals surface area contributed by atoms with E-state index < -0.39 is 0 Å². The van der Waals surface area contributed by atoms with Crippen molar-refractivity contribution in [3.05, 3.63) is 82.4 Å². The minimum atomic E-state index is 0. The average molecular weight is 414 g/mol. The number of benzene rings is 2. The van der Waals surface area contributed by atoms with Crippen molar-refractivity contribution in [2.24, 2.45) is 12.2 Å². The van der Waals surface area contributed by atoms with Gasteiger partial charge in [0.25, 0.3) is 0 Å². The Hall–Kier alpha value is -2.37. The standard InChI is InChI=1S/C18H15N4.HI/c1-22-13-12-15(17-4-2-3-5-18(17)22)9-6-14-7-10-16(11-8-14)20-21-19;/h2-13H,1H3;1H/q+1;/p-1. The van der Waals surface area contributed by atoms with E-state index in [9.17, 15) is 0 Å². The van der Waals surface area contributed by atoms with Crippen LogP contribution in [0.1, 0.15) is 11.1 Å². The van der Waals surface area contributed by atoms with Gasteiger partial charge in [0.15, 0.2) is 6.20 Å². The van der Waals surface area contributed by atoms with E-state index in [1.54, 1.807) is 0 Å². The van der Waals surface area contributed by atoms with Crippen LogP contribution < -0.4 is 28.5 Å². The zero-order valence-electron chi connectivity index (χ0n) is 12.6. The summed E-state index contributed by atoms with van der Waals surface area (Å²) in [5.74, 6) is 0. The van der Waals surface area contributed by atoms with Gasteiger partial charge in [-0.15, -0.1) is 0 Å².